The molecule has 0 amide bonds. The van der Waals surface area contributed by atoms with Gasteiger partial charge in [-0.3, -0.25) is 14.4 Å². The molecule has 0 fully saturated rings. The number of ether oxygens (including phenoxy) is 5. The van der Waals surface area contributed by atoms with Gasteiger partial charge in [-0.1, -0.05) is 39.0 Å². The molecule has 0 spiro atoms. The molecule has 0 saturated carbocycles. The highest BCUT2D eigenvalue weighted by molar-refractivity contribution is 5.92. The molecule has 2 rings (SSSR count). The number of methoxy groups -OCH3 is 1. The zero-order valence-electron chi connectivity index (χ0n) is 19.0. The monoisotopic (exact) mass is 458 g/mol. The molecule has 0 heterocycles. The van der Waals surface area contributed by atoms with Crippen LogP contribution in [0.5, 0.6) is 23.0 Å². The number of carbonyl (C=O) groups excluding carboxylic acids is 4. The molecule has 0 atom stereocenters. The van der Waals surface area contributed by atoms with Gasteiger partial charge < -0.3 is 23.7 Å². The van der Waals surface area contributed by atoms with E-state index in [1.807, 2.05) is 0 Å². The van der Waals surface area contributed by atoms with Crippen molar-refractivity contribution in [1.29, 1.82) is 0 Å². The van der Waals surface area contributed by atoms with Crippen molar-refractivity contribution < 1.29 is 42.9 Å². The molecule has 0 N–H and O–H groups in total. The quantitative estimate of drug-likeness (QED) is 0.385. The normalized spacial score (nSPS) is 10.2. The maximum atomic E-state index is 12.8. The molecule has 0 radical (unpaired) electrons. The summed E-state index contributed by atoms with van der Waals surface area (Å²) in [4.78, 5) is 48.6. The average Bonchev–Trinajstić information content (AvgIpc) is 2.83. The minimum atomic E-state index is -0.781. The zero-order valence-corrected chi connectivity index (χ0v) is 19.0. The second kappa shape index (κ2) is 12.2. The SMILES string of the molecule is CCC(=O)Oc1cc(C(=O)OCc2ccccc2OC)cc(OC(=O)CC)c1OC(=O)CC. The first kappa shape index (κ1) is 25.4. The number of hydrogen-bond acceptors (Lipinski definition) is 9. The Labute approximate surface area is 191 Å². The topological polar surface area (TPSA) is 114 Å². The number of para-hydroxylation sites is 1. The Morgan fingerprint density at radius 3 is 1.76 bits per heavy atom. The maximum absolute atomic E-state index is 12.8. The highest BCUT2D eigenvalue weighted by Crippen LogP contribution is 2.40. The number of carbonyl (C=O) groups is 4. The molecule has 176 valence electrons. The lowest BCUT2D eigenvalue weighted by atomic mass is 10.1. The van der Waals surface area contributed by atoms with Gasteiger partial charge in [-0.05, 0) is 18.2 Å². The van der Waals surface area contributed by atoms with Crippen molar-refractivity contribution in [3.05, 3.63) is 47.5 Å². The van der Waals surface area contributed by atoms with E-state index in [0.717, 1.165) is 0 Å². The average molecular weight is 458 g/mol. The van der Waals surface area contributed by atoms with Gasteiger partial charge in [0.2, 0.25) is 5.75 Å². The van der Waals surface area contributed by atoms with Gasteiger partial charge in [0.15, 0.2) is 11.5 Å². The minimum absolute atomic E-state index is 0.0189. The third-order valence-electron chi connectivity index (χ3n) is 4.34. The van der Waals surface area contributed by atoms with Crippen LogP contribution in [-0.2, 0) is 25.7 Å². The zero-order chi connectivity index (χ0) is 24.4. The molecule has 0 bridgehead atoms. The minimum Gasteiger partial charge on any atom is -0.496 e. The lowest BCUT2D eigenvalue weighted by Gasteiger charge is -2.16. The molecular weight excluding hydrogens is 432 g/mol. The van der Waals surface area contributed by atoms with Gasteiger partial charge in [-0.15, -0.1) is 0 Å². The Bertz CT molecular complexity index is 987. The summed E-state index contributed by atoms with van der Waals surface area (Å²) in [5.74, 6) is -2.93. The van der Waals surface area contributed by atoms with Gasteiger partial charge in [0.25, 0.3) is 0 Å². The molecule has 0 aliphatic heterocycles. The molecule has 0 aliphatic carbocycles. The third-order valence-corrected chi connectivity index (χ3v) is 4.34. The number of hydrogen-bond donors (Lipinski definition) is 0. The summed E-state index contributed by atoms with van der Waals surface area (Å²) < 4.78 is 26.4. The van der Waals surface area contributed by atoms with Crippen LogP contribution in [0.1, 0.15) is 56.0 Å². The van der Waals surface area contributed by atoms with Gasteiger partial charge in [0, 0.05) is 24.8 Å². The highest BCUT2D eigenvalue weighted by Gasteiger charge is 2.24. The molecule has 9 heteroatoms. The van der Waals surface area contributed by atoms with Crippen molar-refractivity contribution in [3.8, 4) is 23.0 Å². The van der Waals surface area contributed by atoms with Crippen molar-refractivity contribution in [1.82, 2.24) is 0 Å². The molecule has 9 nitrogen and oxygen atoms in total. The van der Waals surface area contributed by atoms with E-state index in [4.69, 9.17) is 23.7 Å². The fourth-order valence-corrected chi connectivity index (χ4v) is 2.57. The Kier molecular flexibility index (Phi) is 9.41. The van der Waals surface area contributed by atoms with E-state index in [1.165, 1.54) is 19.2 Å². The Morgan fingerprint density at radius 1 is 0.727 bits per heavy atom. The van der Waals surface area contributed by atoms with Crippen LogP contribution in [0.2, 0.25) is 0 Å². The predicted octanol–water partition coefficient (Wildman–Crippen LogP) is 4.00. The maximum Gasteiger partial charge on any atom is 0.338 e. The van der Waals surface area contributed by atoms with Gasteiger partial charge >= 0.3 is 23.9 Å². The standard InChI is InChI=1S/C24H26O9/c1-5-20(25)31-18-12-16(24(28)30-14-15-10-8-9-11-17(15)29-4)13-19(32-21(26)6-2)23(18)33-22(27)7-3/h8-13H,5-7,14H2,1-4H3. The van der Waals surface area contributed by atoms with Gasteiger partial charge in [-0.2, -0.15) is 0 Å². The van der Waals surface area contributed by atoms with E-state index in [0.29, 0.717) is 11.3 Å². The van der Waals surface area contributed by atoms with Crippen LogP contribution in [-0.4, -0.2) is 31.0 Å². The summed E-state index contributed by atoms with van der Waals surface area (Å²) in [6, 6.07) is 9.41. The Balaban J connectivity index is 2.45. The molecule has 0 aromatic heterocycles. The van der Waals surface area contributed by atoms with Crippen molar-refractivity contribution in [2.24, 2.45) is 0 Å². The molecular formula is C24H26O9. The van der Waals surface area contributed by atoms with Crippen LogP contribution in [0, 0.1) is 0 Å². The van der Waals surface area contributed by atoms with E-state index in [2.05, 4.69) is 0 Å². The second-order valence-electron chi connectivity index (χ2n) is 6.67. The van der Waals surface area contributed by atoms with Crippen LogP contribution in [0.3, 0.4) is 0 Å². The Hall–Kier alpha value is -3.88. The second-order valence-corrected chi connectivity index (χ2v) is 6.67. The number of esters is 4. The fraction of sp³-hybridized carbons (Fsp3) is 0.333. The smallest absolute Gasteiger partial charge is 0.338 e. The summed E-state index contributed by atoms with van der Waals surface area (Å²) in [6.07, 6.45) is 0.0620. The van der Waals surface area contributed by atoms with Crippen LogP contribution >= 0.6 is 0 Å². The fourth-order valence-electron chi connectivity index (χ4n) is 2.57. The van der Waals surface area contributed by atoms with E-state index in [9.17, 15) is 19.2 Å². The van der Waals surface area contributed by atoms with Crippen LogP contribution in [0.4, 0.5) is 0 Å². The lowest BCUT2D eigenvalue weighted by molar-refractivity contribution is -0.137. The lowest BCUT2D eigenvalue weighted by Crippen LogP contribution is -2.15. The first-order chi connectivity index (χ1) is 15.8. The molecule has 0 aliphatic rings. The van der Waals surface area contributed by atoms with E-state index >= 15 is 0 Å². The first-order valence-corrected chi connectivity index (χ1v) is 10.4. The molecule has 0 saturated heterocycles. The summed E-state index contributed by atoms with van der Waals surface area (Å²) in [6.45, 7) is 4.62. The van der Waals surface area contributed by atoms with Gasteiger partial charge in [0.05, 0.1) is 12.7 Å². The summed E-state index contributed by atoms with van der Waals surface area (Å²) in [5, 5.41) is 0. The largest absolute Gasteiger partial charge is 0.496 e. The van der Waals surface area contributed by atoms with Crippen LogP contribution < -0.4 is 18.9 Å². The molecule has 0 unspecified atom stereocenters. The van der Waals surface area contributed by atoms with Crippen molar-refractivity contribution >= 4 is 23.9 Å². The van der Waals surface area contributed by atoms with Gasteiger partial charge in [-0.25, -0.2) is 4.79 Å². The highest BCUT2D eigenvalue weighted by atomic mass is 16.6. The third kappa shape index (κ3) is 7.06. The van der Waals surface area contributed by atoms with E-state index in [-0.39, 0.29) is 48.7 Å². The van der Waals surface area contributed by atoms with Crippen molar-refractivity contribution in [2.75, 3.05) is 7.11 Å². The predicted molar refractivity (Wildman–Crippen MR) is 116 cm³/mol. The Morgan fingerprint density at radius 2 is 1.24 bits per heavy atom. The molecule has 2 aromatic rings. The first-order valence-electron chi connectivity index (χ1n) is 10.4. The molecule has 33 heavy (non-hydrogen) atoms. The van der Waals surface area contributed by atoms with E-state index < -0.39 is 23.9 Å². The van der Waals surface area contributed by atoms with E-state index in [1.54, 1.807) is 45.0 Å². The number of rotatable bonds is 10. The summed E-state index contributed by atoms with van der Waals surface area (Å²) >= 11 is 0. The van der Waals surface area contributed by atoms with Crippen molar-refractivity contribution in [3.63, 3.8) is 0 Å². The van der Waals surface area contributed by atoms with Crippen LogP contribution in [0.25, 0.3) is 0 Å². The summed E-state index contributed by atoms with van der Waals surface area (Å²) in [7, 11) is 1.50. The molecule has 2 aromatic carbocycles. The summed E-state index contributed by atoms with van der Waals surface area (Å²) in [5.41, 5.74) is 0.566. The number of benzene rings is 2. The van der Waals surface area contributed by atoms with Gasteiger partial charge in [0.1, 0.15) is 12.4 Å². The van der Waals surface area contributed by atoms with Crippen molar-refractivity contribution in [2.45, 2.75) is 46.6 Å². The van der Waals surface area contributed by atoms with Crippen LogP contribution in [0.15, 0.2) is 36.4 Å².